The number of aryl methyl sites for hydroxylation is 2. The van der Waals surface area contributed by atoms with Gasteiger partial charge in [0.15, 0.2) is 0 Å². The summed E-state index contributed by atoms with van der Waals surface area (Å²) in [6.45, 7) is 7.79. The summed E-state index contributed by atoms with van der Waals surface area (Å²) in [6.07, 6.45) is 7.35. The van der Waals surface area contributed by atoms with Gasteiger partial charge in [-0.3, -0.25) is 14.6 Å². The van der Waals surface area contributed by atoms with E-state index in [2.05, 4.69) is 21.1 Å². The Balaban J connectivity index is 1.64. The average molecular weight is 395 g/mol. The van der Waals surface area contributed by atoms with E-state index in [1.165, 1.54) is 0 Å². The van der Waals surface area contributed by atoms with Gasteiger partial charge in [-0.1, -0.05) is 0 Å². The number of pyridine rings is 2. The van der Waals surface area contributed by atoms with E-state index in [9.17, 15) is 10.2 Å². The van der Waals surface area contributed by atoms with Gasteiger partial charge in [-0.25, -0.2) is 0 Å². The first-order valence-electron chi connectivity index (χ1n) is 9.95. The molecule has 154 valence electrons. The van der Waals surface area contributed by atoms with Gasteiger partial charge in [0.1, 0.15) is 5.60 Å². The molecule has 0 fully saturated rings. The predicted octanol–water partition coefficient (Wildman–Crippen LogP) is 3.18. The molecule has 0 aliphatic carbocycles. The molecule has 0 bridgehead atoms. The molecule has 6 nitrogen and oxygen atoms in total. The minimum Gasteiger partial charge on any atom is -0.389 e. The maximum Gasteiger partial charge on any atom is 0.104 e. The SMILES string of the molecule is Cc1ccnc(C(C)(O)CCc2ccnc(Cc3ccn(CC(C)(C)O)n3)c2)c1. The molecule has 29 heavy (non-hydrogen) atoms. The highest BCUT2D eigenvalue weighted by atomic mass is 16.3. The normalized spacial score (nSPS) is 14.0. The Hall–Kier alpha value is -2.57. The number of rotatable bonds is 8. The zero-order valence-corrected chi connectivity index (χ0v) is 17.6. The van der Waals surface area contributed by atoms with Crippen molar-refractivity contribution in [2.45, 2.75) is 64.7 Å². The molecule has 3 aromatic heterocycles. The van der Waals surface area contributed by atoms with E-state index in [0.717, 1.165) is 28.9 Å². The van der Waals surface area contributed by atoms with Crippen molar-refractivity contribution in [2.24, 2.45) is 0 Å². The molecule has 0 saturated carbocycles. The van der Waals surface area contributed by atoms with Crippen LogP contribution in [0.3, 0.4) is 0 Å². The lowest BCUT2D eigenvalue weighted by atomic mass is 9.92. The second kappa shape index (κ2) is 8.43. The van der Waals surface area contributed by atoms with Crippen LogP contribution in [0.4, 0.5) is 0 Å². The van der Waals surface area contributed by atoms with Crippen LogP contribution in [0.25, 0.3) is 0 Å². The molecule has 1 atom stereocenters. The van der Waals surface area contributed by atoms with E-state index in [1.807, 2.05) is 44.3 Å². The molecular weight excluding hydrogens is 364 g/mol. The van der Waals surface area contributed by atoms with E-state index in [1.54, 1.807) is 30.9 Å². The minimum absolute atomic E-state index is 0.447. The summed E-state index contributed by atoms with van der Waals surface area (Å²) in [5.41, 5.74) is 2.98. The number of aromatic nitrogens is 4. The van der Waals surface area contributed by atoms with Crippen molar-refractivity contribution in [1.82, 2.24) is 19.7 Å². The quantitative estimate of drug-likeness (QED) is 0.613. The van der Waals surface area contributed by atoms with Gasteiger partial charge in [0.05, 0.1) is 23.5 Å². The fraction of sp³-hybridized carbons (Fsp3) is 0.435. The third kappa shape index (κ3) is 6.21. The number of nitrogens with zero attached hydrogens (tertiary/aromatic N) is 4. The molecule has 1 unspecified atom stereocenters. The van der Waals surface area contributed by atoms with Crippen LogP contribution < -0.4 is 0 Å². The lowest BCUT2D eigenvalue weighted by molar-refractivity contribution is 0.0435. The van der Waals surface area contributed by atoms with Gasteiger partial charge in [0.25, 0.3) is 0 Å². The summed E-state index contributed by atoms with van der Waals surface area (Å²) >= 11 is 0. The van der Waals surface area contributed by atoms with Crippen molar-refractivity contribution < 1.29 is 10.2 Å². The third-order valence-corrected chi connectivity index (χ3v) is 4.86. The van der Waals surface area contributed by atoms with Gasteiger partial charge in [-0.05, 0) is 82.0 Å². The number of aliphatic hydroxyl groups is 2. The van der Waals surface area contributed by atoms with Gasteiger partial charge >= 0.3 is 0 Å². The molecule has 0 aliphatic heterocycles. The Morgan fingerprint density at radius 3 is 2.45 bits per heavy atom. The predicted molar refractivity (Wildman–Crippen MR) is 112 cm³/mol. The molecule has 3 aromatic rings. The van der Waals surface area contributed by atoms with E-state index < -0.39 is 11.2 Å². The van der Waals surface area contributed by atoms with Crippen molar-refractivity contribution in [3.05, 3.63) is 77.1 Å². The Kier molecular flexibility index (Phi) is 6.15. The topological polar surface area (TPSA) is 84.1 Å². The molecule has 0 aliphatic rings. The highest BCUT2D eigenvalue weighted by Crippen LogP contribution is 2.25. The van der Waals surface area contributed by atoms with E-state index >= 15 is 0 Å². The van der Waals surface area contributed by atoms with Crippen LogP contribution in [0.1, 0.15) is 55.4 Å². The molecule has 6 heteroatoms. The lowest BCUT2D eigenvalue weighted by Crippen LogP contribution is -2.26. The van der Waals surface area contributed by atoms with Gasteiger partial charge in [-0.2, -0.15) is 5.10 Å². The first kappa shape index (κ1) is 21.1. The Morgan fingerprint density at radius 2 is 1.72 bits per heavy atom. The maximum atomic E-state index is 10.9. The second-order valence-electron chi connectivity index (χ2n) is 8.64. The molecule has 3 rings (SSSR count). The van der Waals surface area contributed by atoms with Gasteiger partial charge < -0.3 is 10.2 Å². The standard InChI is InChI=1S/C23H30N4O2/c1-17-6-10-25-21(13-17)23(4,29)9-5-18-7-11-24-20(14-18)15-19-8-12-27(26-19)16-22(2,3)28/h6-8,10-14,28-29H,5,9,15-16H2,1-4H3. The molecule has 0 amide bonds. The van der Waals surface area contributed by atoms with Crippen molar-refractivity contribution >= 4 is 0 Å². The minimum atomic E-state index is -0.981. The van der Waals surface area contributed by atoms with Gasteiger partial charge in [-0.15, -0.1) is 0 Å². The molecule has 3 heterocycles. The van der Waals surface area contributed by atoms with Crippen molar-refractivity contribution in [1.29, 1.82) is 0 Å². The van der Waals surface area contributed by atoms with Gasteiger partial charge in [0, 0.05) is 30.7 Å². The van der Waals surface area contributed by atoms with Crippen LogP contribution >= 0.6 is 0 Å². The third-order valence-electron chi connectivity index (χ3n) is 4.86. The summed E-state index contributed by atoms with van der Waals surface area (Å²) in [4.78, 5) is 8.79. The molecule has 0 saturated heterocycles. The highest BCUT2D eigenvalue weighted by Gasteiger charge is 2.24. The fourth-order valence-corrected chi connectivity index (χ4v) is 3.29. The zero-order valence-electron chi connectivity index (χ0n) is 17.6. The molecule has 0 aromatic carbocycles. The van der Waals surface area contributed by atoms with E-state index in [0.29, 0.717) is 25.1 Å². The summed E-state index contributed by atoms with van der Waals surface area (Å²) in [6, 6.07) is 9.86. The molecule has 0 radical (unpaired) electrons. The smallest absolute Gasteiger partial charge is 0.104 e. The Bertz CT molecular complexity index is 957. The Morgan fingerprint density at radius 1 is 0.966 bits per heavy atom. The first-order chi connectivity index (χ1) is 13.6. The molecular formula is C23H30N4O2. The number of hydrogen-bond donors (Lipinski definition) is 2. The van der Waals surface area contributed by atoms with Crippen molar-refractivity contribution in [2.75, 3.05) is 0 Å². The average Bonchev–Trinajstić information content (AvgIpc) is 3.05. The molecule has 0 spiro atoms. The van der Waals surface area contributed by atoms with Crippen molar-refractivity contribution in [3.8, 4) is 0 Å². The van der Waals surface area contributed by atoms with Crippen LogP contribution in [0.15, 0.2) is 48.9 Å². The largest absolute Gasteiger partial charge is 0.389 e. The first-order valence-corrected chi connectivity index (χ1v) is 9.95. The zero-order chi connectivity index (χ0) is 21.1. The lowest BCUT2D eigenvalue weighted by Gasteiger charge is -2.23. The molecule has 2 N–H and O–H groups in total. The van der Waals surface area contributed by atoms with Crippen LogP contribution in [-0.2, 0) is 25.0 Å². The maximum absolute atomic E-state index is 10.9. The van der Waals surface area contributed by atoms with Crippen LogP contribution in [0, 0.1) is 6.92 Å². The summed E-state index contributed by atoms with van der Waals surface area (Å²) < 4.78 is 1.76. The summed E-state index contributed by atoms with van der Waals surface area (Å²) in [7, 11) is 0. The van der Waals surface area contributed by atoms with Crippen LogP contribution in [0.2, 0.25) is 0 Å². The van der Waals surface area contributed by atoms with Crippen LogP contribution in [-0.4, -0.2) is 35.6 Å². The summed E-state index contributed by atoms with van der Waals surface area (Å²) in [5, 5.41) is 25.3. The number of hydrogen-bond acceptors (Lipinski definition) is 5. The highest BCUT2D eigenvalue weighted by molar-refractivity contribution is 5.23. The van der Waals surface area contributed by atoms with E-state index in [4.69, 9.17) is 0 Å². The second-order valence-corrected chi connectivity index (χ2v) is 8.64. The fourth-order valence-electron chi connectivity index (χ4n) is 3.29. The van der Waals surface area contributed by atoms with Crippen molar-refractivity contribution in [3.63, 3.8) is 0 Å². The summed E-state index contributed by atoms with van der Waals surface area (Å²) in [5.74, 6) is 0. The monoisotopic (exact) mass is 394 g/mol. The van der Waals surface area contributed by atoms with Crippen LogP contribution in [0.5, 0.6) is 0 Å². The van der Waals surface area contributed by atoms with E-state index in [-0.39, 0.29) is 0 Å². The Labute approximate surface area is 172 Å². The van der Waals surface area contributed by atoms with Gasteiger partial charge in [0.2, 0.25) is 0 Å².